The van der Waals surface area contributed by atoms with Crippen LogP contribution in [0, 0.1) is 11.8 Å². The van der Waals surface area contributed by atoms with E-state index in [1.54, 1.807) is 12.1 Å². The molecule has 0 radical (unpaired) electrons. The Labute approximate surface area is 186 Å². The number of rotatable bonds is 5. The lowest BCUT2D eigenvalue weighted by Crippen LogP contribution is -2.30. The number of nitrogens with one attached hydrogen (secondary N) is 1. The lowest BCUT2D eigenvalue weighted by molar-refractivity contribution is -0.123. The summed E-state index contributed by atoms with van der Waals surface area (Å²) in [6, 6.07) is 6.81. The van der Waals surface area contributed by atoms with Crippen LogP contribution in [0.25, 0.3) is 11.1 Å². The highest BCUT2D eigenvalue weighted by Gasteiger charge is 2.40. The number of aryl methyl sites for hydroxylation is 1. The molecular formula is C24H27NO5S. The highest BCUT2D eigenvalue weighted by molar-refractivity contribution is 7.98. The number of thioether (sulfide) groups is 1. The van der Waals surface area contributed by atoms with Crippen molar-refractivity contribution in [2.24, 2.45) is 11.8 Å². The Morgan fingerprint density at radius 3 is 2.58 bits per heavy atom. The Morgan fingerprint density at radius 1 is 1.23 bits per heavy atom. The summed E-state index contributed by atoms with van der Waals surface area (Å²) >= 11 is 1.38. The fourth-order valence-electron chi connectivity index (χ4n) is 4.41. The van der Waals surface area contributed by atoms with E-state index in [-0.39, 0.29) is 29.0 Å². The van der Waals surface area contributed by atoms with Gasteiger partial charge in [-0.1, -0.05) is 13.0 Å². The second kappa shape index (κ2) is 8.46. The molecule has 0 heterocycles. The minimum atomic E-state index is -0.310. The molecule has 31 heavy (non-hydrogen) atoms. The van der Waals surface area contributed by atoms with Crippen LogP contribution in [0.4, 0.5) is 0 Å². The van der Waals surface area contributed by atoms with E-state index in [9.17, 15) is 14.7 Å². The molecule has 164 valence electrons. The SMILES string of the molecule is COc1cc2c(c(OC)c1O)-c1ccc(SC)c(=O)cc1[C@@H](NC(=O)C1CC1C)CC2. The minimum Gasteiger partial charge on any atom is -0.502 e. The van der Waals surface area contributed by atoms with Crippen LogP contribution in [-0.4, -0.2) is 31.5 Å². The van der Waals surface area contributed by atoms with Crippen LogP contribution in [0.3, 0.4) is 0 Å². The molecule has 6 nitrogen and oxygen atoms in total. The van der Waals surface area contributed by atoms with E-state index < -0.39 is 0 Å². The molecule has 0 aromatic heterocycles. The number of phenolic OH excluding ortho intramolecular Hbond substituents is 1. The maximum atomic E-state index is 12.9. The number of methoxy groups -OCH3 is 2. The number of ether oxygens (including phenoxy) is 2. The van der Waals surface area contributed by atoms with Gasteiger partial charge in [-0.25, -0.2) is 0 Å². The molecule has 0 aliphatic heterocycles. The van der Waals surface area contributed by atoms with Gasteiger partial charge in [0.25, 0.3) is 0 Å². The van der Waals surface area contributed by atoms with E-state index in [1.807, 2.05) is 18.4 Å². The molecule has 2 aromatic rings. The normalized spacial score (nSPS) is 21.4. The van der Waals surface area contributed by atoms with Gasteiger partial charge in [-0.2, -0.15) is 0 Å². The number of carbonyl (C=O) groups excluding carboxylic acids is 1. The van der Waals surface area contributed by atoms with Crippen molar-refractivity contribution in [3.05, 3.63) is 45.6 Å². The minimum absolute atomic E-state index is 0.0332. The average molecular weight is 442 g/mol. The van der Waals surface area contributed by atoms with Crippen molar-refractivity contribution in [1.29, 1.82) is 0 Å². The second-order valence-corrected chi connectivity index (χ2v) is 9.04. The Balaban J connectivity index is 1.94. The monoisotopic (exact) mass is 441 g/mol. The molecule has 1 fully saturated rings. The molecule has 3 atom stereocenters. The Morgan fingerprint density at radius 2 is 1.97 bits per heavy atom. The number of hydrogen-bond donors (Lipinski definition) is 2. The lowest BCUT2D eigenvalue weighted by atomic mass is 9.95. The molecule has 4 rings (SSSR count). The molecule has 0 saturated heterocycles. The number of fused-ring (bicyclic) bond motifs is 3. The molecular weight excluding hydrogens is 414 g/mol. The van der Waals surface area contributed by atoms with Crippen LogP contribution in [0.5, 0.6) is 17.2 Å². The Hall–Kier alpha value is -2.67. The van der Waals surface area contributed by atoms with Crippen molar-refractivity contribution >= 4 is 17.7 Å². The quantitative estimate of drug-likeness (QED) is 0.684. The second-order valence-electron chi connectivity index (χ2n) is 8.19. The van der Waals surface area contributed by atoms with E-state index >= 15 is 0 Å². The average Bonchev–Trinajstić information content (AvgIpc) is 3.53. The standard InChI is InChI=1S/C24H27NO5S/c1-12-9-15(12)24(28)25-17-7-5-13-10-19(29-2)22(27)23(30-3)21(13)14-6-8-20(31-4)18(26)11-16(14)17/h6,8,10-12,15,17,27H,5,7,9H2,1-4H3,(H,25,28)/t12?,15?,17-/m0/s1. The van der Waals surface area contributed by atoms with Gasteiger partial charge in [0, 0.05) is 11.5 Å². The largest absolute Gasteiger partial charge is 0.502 e. The number of phenols is 1. The molecule has 2 aliphatic carbocycles. The van der Waals surface area contributed by atoms with Crippen molar-refractivity contribution < 1.29 is 19.4 Å². The molecule has 0 spiro atoms. The topological polar surface area (TPSA) is 84.9 Å². The molecule has 0 bridgehead atoms. The van der Waals surface area contributed by atoms with Gasteiger partial charge in [0.05, 0.1) is 25.2 Å². The summed E-state index contributed by atoms with van der Waals surface area (Å²) in [6.07, 6.45) is 4.02. The van der Waals surface area contributed by atoms with E-state index in [1.165, 1.54) is 26.0 Å². The molecule has 2 aliphatic rings. The van der Waals surface area contributed by atoms with Gasteiger partial charge in [0.1, 0.15) is 0 Å². The molecule has 2 N–H and O–H groups in total. The van der Waals surface area contributed by atoms with E-state index in [2.05, 4.69) is 12.2 Å². The lowest BCUT2D eigenvalue weighted by Gasteiger charge is -2.19. The van der Waals surface area contributed by atoms with Gasteiger partial charge < -0.3 is 19.9 Å². The van der Waals surface area contributed by atoms with Crippen molar-refractivity contribution in [2.75, 3.05) is 20.5 Å². The number of carbonyl (C=O) groups is 1. The predicted molar refractivity (Wildman–Crippen MR) is 121 cm³/mol. The zero-order valence-electron chi connectivity index (χ0n) is 18.2. The molecule has 2 unspecified atom stereocenters. The summed E-state index contributed by atoms with van der Waals surface area (Å²) in [5, 5.41) is 13.9. The zero-order valence-corrected chi connectivity index (χ0v) is 19.0. The zero-order chi connectivity index (χ0) is 22.3. The van der Waals surface area contributed by atoms with Crippen molar-refractivity contribution in [3.63, 3.8) is 0 Å². The Kier molecular flexibility index (Phi) is 5.88. The Bertz CT molecular complexity index is 1100. The van der Waals surface area contributed by atoms with Crippen LogP contribution in [0.15, 0.2) is 34.0 Å². The first-order valence-electron chi connectivity index (χ1n) is 10.4. The smallest absolute Gasteiger partial charge is 0.223 e. The van der Waals surface area contributed by atoms with E-state index in [0.29, 0.717) is 35.2 Å². The summed E-state index contributed by atoms with van der Waals surface area (Å²) in [7, 11) is 3.00. The fraction of sp³-hybridized carbons (Fsp3) is 0.417. The first-order chi connectivity index (χ1) is 14.9. The third-order valence-electron chi connectivity index (χ3n) is 6.30. The van der Waals surface area contributed by atoms with Crippen molar-refractivity contribution in [2.45, 2.75) is 37.1 Å². The van der Waals surface area contributed by atoms with Crippen molar-refractivity contribution in [3.8, 4) is 28.4 Å². The fourth-order valence-corrected chi connectivity index (χ4v) is 4.87. The van der Waals surface area contributed by atoms with Gasteiger partial charge in [-0.3, -0.25) is 9.59 Å². The summed E-state index contributed by atoms with van der Waals surface area (Å²) in [5.74, 6) is 1.03. The summed E-state index contributed by atoms with van der Waals surface area (Å²) < 4.78 is 10.9. The highest BCUT2D eigenvalue weighted by atomic mass is 32.2. The third kappa shape index (κ3) is 3.87. The van der Waals surface area contributed by atoms with Gasteiger partial charge in [-0.05, 0) is 66.3 Å². The maximum absolute atomic E-state index is 12.9. The first kappa shape index (κ1) is 21.6. The molecule has 1 saturated carbocycles. The predicted octanol–water partition coefficient (Wildman–Crippen LogP) is 3.92. The van der Waals surface area contributed by atoms with Crippen LogP contribution in [0.2, 0.25) is 0 Å². The summed E-state index contributed by atoms with van der Waals surface area (Å²) in [4.78, 5) is 26.2. The number of benzene rings is 1. The van der Waals surface area contributed by atoms with Crippen LogP contribution in [-0.2, 0) is 11.2 Å². The maximum Gasteiger partial charge on any atom is 0.223 e. The summed E-state index contributed by atoms with van der Waals surface area (Å²) in [6.45, 7) is 2.07. The van der Waals surface area contributed by atoms with Gasteiger partial charge >= 0.3 is 0 Å². The van der Waals surface area contributed by atoms with Crippen molar-refractivity contribution in [1.82, 2.24) is 5.32 Å². The van der Waals surface area contributed by atoms with Gasteiger partial charge in [-0.15, -0.1) is 11.8 Å². The third-order valence-corrected chi connectivity index (χ3v) is 7.07. The summed E-state index contributed by atoms with van der Waals surface area (Å²) in [5.41, 5.74) is 3.10. The number of amides is 1. The van der Waals surface area contributed by atoms with E-state index in [0.717, 1.165) is 28.7 Å². The van der Waals surface area contributed by atoms with Crippen LogP contribution >= 0.6 is 11.8 Å². The number of hydrogen-bond acceptors (Lipinski definition) is 6. The number of aromatic hydroxyl groups is 1. The first-order valence-corrected chi connectivity index (χ1v) is 11.6. The van der Waals surface area contributed by atoms with E-state index in [4.69, 9.17) is 9.47 Å². The molecule has 1 amide bonds. The molecule has 7 heteroatoms. The van der Waals surface area contributed by atoms with Gasteiger partial charge in [0.15, 0.2) is 16.9 Å². The van der Waals surface area contributed by atoms with Crippen LogP contribution in [0.1, 0.15) is 36.9 Å². The molecule has 2 aromatic carbocycles. The van der Waals surface area contributed by atoms with Crippen LogP contribution < -0.4 is 20.2 Å². The highest BCUT2D eigenvalue weighted by Crippen LogP contribution is 2.50. The van der Waals surface area contributed by atoms with Gasteiger partial charge in [0.2, 0.25) is 11.7 Å².